The molecule has 0 aliphatic rings. The average Bonchev–Trinajstić information content (AvgIpc) is 2.78. The number of nitrogens with zero attached hydrogens (tertiary/aromatic N) is 1. The Labute approximate surface area is 199 Å². The number of benzene rings is 3. The standard InChI is InChI=1S/C24H16Cl2N2O5/c25-18-10-16(9-17(12-27)23(30)28-19-5-7-20(29)8-6-19)22(21(26)11-18)33-13-14-1-3-15(4-2-14)24(31)32/h1-11,29H,13H2,(H,28,30)(H,31,32)/b17-9+. The van der Waals surface area contributed by atoms with Crippen LogP contribution in [0.5, 0.6) is 11.5 Å². The maximum atomic E-state index is 12.6. The Morgan fingerprint density at radius 2 is 1.73 bits per heavy atom. The summed E-state index contributed by atoms with van der Waals surface area (Å²) < 4.78 is 5.81. The number of hydrogen-bond acceptors (Lipinski definition) is 5. The molecule has 3 N–H and O–H groups in total. The van der Waals surface area contributed by atoms with E-state index >= 15 is 0 Å². The zero-order valence-electron chi connectivity index (χ0n) is 16.9. The topological polar surface area (TPSA) is 120 Å². The number of carboxylic acids is 1. The molecular formula is C24H16Cl2N2O5. The third-order valence-corrected chi connectivity index (χ3v) is 4.91. The van der Waals surface area contributed by atoms with Gasteiger partial charge in [0, 0.05) is 16.3 Å². The average molecular weight is 483 g/mol. The number of rotatable bonds is 7. The van der Waals surface area contributed by atoms with Gasteiger partial charge in [0.25, 0.3) is 5.91 Å². The van der Waals surface area contributed by atoms with Crippen LogP contribution in [0, 0.1) is 11.3 Å². The number of carbonyl (C=O) groups excluding carboxylic acids is 1. The first-order valence-corrected chi connectivity index (χ1v) is 10.2. The van der Waals surface area contributed by atoms with Crippen molar-refractivity contribution in [1.82, 2.24) is 0 Å². The van der Waals surface area contributed by atoms with E-state index in [0.717, 1.165) is 0 Å². The molecule has 3 aromatic carbocycles. The number of ether oxygens (including phenoxy) is 1. The van der Waals surface area contributed by atoms with E-state index in [1.54, 1.807) is 12.1 Å². The highest BCUT2D eigenvalue weighted by Gasteiger charge is 2.15. The monoisotopic (exact) mass is 482 g/mol. The molecule has 0 atom stereocenters. The summed E-state index contributed by atoms with van der Waals surface area (Å²) in [6, 6.07) is 16.7. The van der Waals surface area contributed by atoms with Crippen molar-refractivity contribution >= 4 is 46.8 Å². The van der Waals surface area contributed by atoms with Crippen molar-refractivity contribution in [2.24, 2.45) is 0 Å². The molecule has 9 heteroatoms. The quantitative estimate of drug-likeness (QED) is 0.231. The molecule has 0 aromatic heterocycles. The molecule has 0 heterocycles. The third-order valence-electron chi connectivity index (χ3n) is 4.41. The highest BCUT2D eigenvalue weighted by atomic mass is 35.5. The van der Waals surface area contributed by atoms with Crippen LogP contribution in [0.3, 0.4) is 0 Å². The first kappa shape index (κ1) is 23.7. The number of halogens is 2. The Morgan fingerprint density at radius 3 is 2.33 bits per heavy atom. The number of amides is 1. The molecule has 1 amide bonds. The highest BCUT2D eigenvalue weighted by Crippen LogP contribution is 2.34. The van der Waals surface area contributed by atoms with Crippen LogP contribution in [0.4, 0.5) is 5.69 Å². The molecule has 0 saturated heterocycles. The molecule has 3 rings (SSSR count). The Balaban J connectivity index is 1.85. The molecule has 0 aliphatic carbocycles. The summed E-state index contributed by atoms with van der Waals surface area (Å²) in [7, 11) is 0. The predicted octanol–water partition coefficient (Wildman–Crippen LogP) is 5.52. The molecule has 0 aliphatic heterocycles. The molecule has 3 aromatic rings. The van der Waals surface area contributed by atoms with Gasteiger partial charge in [-0.3, -0.25) is 4.79 Å². The lowest BCUT2D eigenvalue weighted by Gasteiger charge is -2.13. The molecular weight excluding hydrogens is 467 g/mol. The van der Waals surface area contributed by atoms with Gasteiger partial charge in [0.15, 0.2) is 0 Å². The molecule has 0 spiro atoms. The van der Waals surface area contributed by atoms with Crippen molar-refractivity contribution < 1.29 is 24.5 Å². The van der Waals surface area contributed by atoms with E-state index in [4.69, 9.17) is 33.0 Å². The second kappa shape index (κ2) is 10.6. The van der Waals surface area contributed by atoms with E-state index in [-0.39, 0.29) is 39.3 Å². The number of anilines is 1. The van der Waals surface area contributed by atoms with Crippen molar-refractivity contribution in [3.8, 4) is 17.6 Å². The molecule has 0 radical (unpaired) electrons. The van der Waals surface area contributed by atoms with Crippen LogP contribution in [-0.2, 0) is 11.4 Å². The van der Waals surface area contributed by atoms with Crippen LogP contribution in [-0.4, -0.2) is 22.1 Å². The van der Waals surface area contributed by atoms with Crippen LogP contribution < -0.4 is 10.1 Å². The largest absolute Gasteiger partial charge is 0.508 e. The van der Waals surface area contributed by atoms with E-state index in [1.165, 1.54) is 54.6 Å². The SMILES string of the molecule is N#C/C(=C\c1cc(Cl)cc(Cl)c1OCc1ccc(C(=O)O)cc1)C(=O)Nc1ccc(O)cc1. The Kier molecular flexibility index (Phi) is 7.57. The number of aromatic hydroxyl groups is 1. The van der Waals surface area contributed by atoms with E-state index < -0.39 is 11.9 Å². The van der Waals surface area contributed by atoms with Crippen LogP contribution in [0.1, 0.15) is 21.5 Å². The zero-order valence-corrected chi connectivity index (χ0v) is 18.4. The maximum Gasteiger partial charge on any atom is 0.335 e. The van der Waals surface area contributed by atoms with E-state index in [1.807, 2.05) is 6.07 Å². The number of phenolic OH excluding ortho intramolecular Hbond substituents is 1. The van der Waals surface area contributed by atoms with E-state index in [0.29, 0.717) is 16.8 Å². The Bertz CT molecular complexity index is 1260. The molecule has 33 heavy (non-hydrogen) atoms. The Hall–Kier alpha value is -3.99. The molecule has 0 bridgehead atoms. The van der Waals surface area contributed by atoms with Crippen LogP contribution >= 0.6 is 23.2 Å². The molecule has 0 saturated carbocycles. The molecule has 0 unspecified atom stereocenters. The number of hydrogen-bond donors (Lipinski definition) is 3. The summed E-state index contributed by atoms with van der Waals surface area (Å²) in [6.07, 6.45) is 1.30. The first-order valence-electron chi connectivity index (χ1n) is 9.43. The fourth-order valence-electron chi connectivity index (χ4n) is 2.79. The van der Waals surface area contributed by atoms with E-state index in [9.17, 15) is 20.0 Å². The van der Waals surface area contributed by atoms with Crippen LogP contribution in [0.25, 0.3) is 6.08 Å². The van der Waals surface area contributed by atoms with Gasteiger partial charge in [0.1, 0.15) is 29.7 Å². The maximum absolute atomic E-state index is 12.6. The minimum absolute atomic E-state index is 0.0389. The fraction of sp³-hybridized carbons (Fsp3) is 0.0417. The normalized spacial score (nSPS) is 10.9. The van der Waals surface area contributed by atoms with Crippen molar-refractivity contribution in [2.45, 2.75) is 6.61 Å². The van der Waals surface area contributed by atoms with Crippen molar-refractivity contribution in [2.75, 3.05) is 5.32 Å². The minimum Gasteiger partial charge on any atom is -0.508 e. The van der Waals surface area contributed by atoms with Gasteiger partial charge >= 0.3 is 5.97 Å². The second-order valence-electron chi connectivity index (χ2n) is 6.77. The zero-order chi connectivity index (χ0) is 24.0. The number of carboxylic acid groups (broad SMARTS) is 1. The van der Waals surface area contributed by atoms with Gasteiger partial charge in [-0.1, -0.05) is 35.3 Å². The van der Waals surface area contributed by atoms with Gasteiger partial charge in [-0.15, -0.1) is 0 Å². The van der Waals surface area contributed by atoms with Gasteiger partial charge in [0.05, 0.1) is 10.6 Å². The summed E-state index contributed by atoms with van der Waals surface area (Å²) in [5, 5.41) is 30.9. The molecule has 7 nitrogen and oxygen atoms in total. The Morgan fingerprint density at radius 1 is 1.06 bits per heavy atom. The van der Waals surface area contributed by atoms with Gasteiger partial charge < -0.3 is 20.3 Å². The summed E-state index contributed by atoms with van der Waals surface area (Å²) in [4.78, 5) is 23.6. The van der Waals surface area contributed by atoms with Gasteiger partial charge in [-0.25, -0.2) is 4.79 Å². The van der Waals surface area contributed by atoms with Gasteiger partial charge in [-0.05, 0) is 60.2 Å². The predicted molar refractivity (Wildman–Crippen MR) is 125 cm³/mol. The van der Waals surface area contributed by atoms with Crippen LogP contribution in [0.2, 0.25) is 10.0 Å². The summed E-state index contributed by atoms with van der Waals surface area (Å²) in [5.41, 5.74) is 1.31. The lowest BCUT2D eigenvalue weighted by molar-refractivity contribution is -0.112. The second-order valence-corrected chi connectivity index (χ2v) is 7.61. The number of aromatic carboxylic acids is 1. The van der Waals surface area contributed by atoms with Crippen molar-refractivity contribution in [3.05, 3.63) is 93.0 Å². The van der Waals surface area contributed by atoms with Gasteiger partial charge in [0.2, 0.25) is 0 Å². The summed E-state index contributed by atoms with van der Waals surface area (Å²) >= 11 is 12.4. The fourth-order valence-corrected chi connectivity index (χ4v) is 3.35. The summed E-state index contributed by atoms with van der Waals surface area (Å²) in [5.74, 6) is -1.47. The smallest absolute Gasteiger partial charge is 0.335 e. The molecule has 166 valence electrons. The lowest BCUT2D eigenvalue weighted by Crippen LogP contribution is -2.13. The lowest BCUT2D eigenvalue weighted by atomic mass is 10.1. The number of phenols is 1. The van der Waals surface area contributed by atoms with E-state index in [2.05, 4.69) is 5.32 Å². The van der Waals surface area contributed by atoms with Crippen LogP contribution in [0.15, 0.2) is 66.2 Å². The molecule has 0 fully saturated rings. The number of nitriles is 1. The highest BCUT2D eigenvalue weighted by molar-refractivity contribution is 6.36. The first-order chi connectivity index (χ1) is 15.8. The van der Waals surface area contributed by atoms with Crippen molar-refractivity contribution in [1.29, 1.82) is 5.26 Å². The third kappa shape index (κ3) is 6.26. The van der Waals surface area contributed by atoms with Gasteiger partial charge in [-0.2, -0.15) is 5.26 Å². The minimum atomic E-state index is -1.04. The number of nitrogens with one attached hydrogen (secondary N) is 1. The number of carbonyl (C=O) groups is 2. The van der Waals surface area contributed by atoms with Crippen molar-refractivity contribution in [3.63, 3.8) is 0 Å². The summed E-state index contributed by atoms with van der Waals surface area (Å²) in [6.45, 7) is 0.0592.